The number of para-hydroxylation sites is 3. The first-order valence-corrected chi connectivity index (χ1v) is 18.0. The maximum atomic E-state index is 3.90. The number of hydrogen-bond acceptors (Lipinski definition) is 2. The Bertz CT molecular complexity index is 2550. The summed E-state index contributed by atoms with van der Waals surface area (Å²) in [6.45, 7) is 2.35. The third-order valence-electron chi connectivity index (χ3n) is 11.2. The van der Waals surface area contributed by atoms with Gasteiger partial charge >= 0.3 is 0 Å². The van der Waals surface area contributed by atoms with Crippen LogP contribution in [0.5, 0.6) is 0 Å². The second-order valence-electron chi connectivity index (χ2n) is 14.1. The van der Waals surface area contributed by atoms with Crippen molar-refractivity contribution in [2.24, 2.45) is 5.92 Å². The van der Waals surface area contributed by atoms with Gasteiger partial charge in [0.25, 0.3) is 0 Å². The van der Waals surface area contributed by atoms with Gasteiger partial charge in [0.15, 0.2) is 0 Å². The standard InChI is InChI=1S/C48H38N2/c1-31-12-11-15-34-29-36(24-26-39(31)34)47-41-19-8-7-18-40(41)46(35-23-22-32-13-5-6-14-33(32)28-35)42-27-25-37(30-43(42)47)48-49-44-20-9-10-21-45(44)50(48)38-16-3-2-4-17-38/h2-11,13-18,20-31,41,48-49H,12,19H2,1H3. The van der Waals surface area contributed by atoms with E-state index < -0.39 is 0 Å². The summed E-state index contributed by atoms with van der Waals surface area (Å²) in [6, 6.07) is 49.7. The van der Waals surface area contributed by atoms with Crippen LogP contribution in [0.2, 0.25) is 0 Å². The highest BCUT2D eigenvalue weighted by Crippen LogP contribution is 2.46. The quantitative estimate of drug-likeness (QED) is 0.206. The Morgan fingerprint density at radius 3 is 2.40 bits per heavy atom. The summed E-state index contributed by atoms with van der Waals surface area (Å²) < 4.78 is 0. The van der Waals surface area contributed by atoms with E-state index in [0.717, 1.165) is 18.5 Å². The molecule has 0 bridgehead atoms. The molecule has 3 unspecified atom stereocenters. The van der Waals surface area contributed by atoms with Gasteiger partial charge in [0.1, 0.15) is 6.17 Å². The van der Waals surface area contributed by atoms with Crippen LogP contribution >= 0.6 is 0 Å². The molecule has 3 aliphatic carbocycles. The number of hydrogen-bond donors (Lipinski definition) is 1. The molecule has 2 nitrogen and oxygen atoms in total. The van der Waals surface area contributed by atoms with E-state index in [1.807, 2.05) is 0 Å². The molecule has 1 heterocycles. The SMILES string of the molecule is CC1CC=Cc2cc(C3=c4cc(C5Nc6ccccc6N5c5ccccc5)ccc4=C(c4ccc5ccccc5c4)C4=CC=CCC43)ccc21. The van der Waals surface area contributed by atoms with E-state index >= 15 is 0 Å². The van der Waals surface area contributed by atoms with E-state index in [0.29, 0.717) is 5.92 Å². The molecule has 0 saturated carbocycles. The molecule has 0 spiro atoms. The van der Waals surface area contributed by atoms with Gasteiger partial charge in [0.2, 0.25) is 0 Å². The van der Waals surface area contributed by atoms with Crippen molar-refractivity contribution in [1.82, 2.24) is 0 Å². The van der Waals surface area contributed by atoms with Crippen LogP contribution in [-0.2, 0) is 0 Å². The lowest BCUT2D eigenvalue weighted by Crippen LogP contribution is -2.39. The van der Waals surface area contributed by atoms with Crippen LogP contribution in [0.15, 0.2) is 163 Å². The molecular weight excluding hydrogens is 605 g/mol. The van der Waals surface area contributed by atoms with Gasteiger partial charge in [-0.3, -0.25) is 0 Å². The van der Waals surface area contributed by atoms with Crippen LogP contribution in [0.25, 0.3) is 28.0 Å². The molecule has 3 atom stereocenters. The van der Waals surface area contributed by atoms with Gasteiger partial charge < -0.3 is 10.2 Å². The normalized spacial score (nSPS) is 20.1. The summed E-state index contributed by atoms with van der Waals surface area (Å²) in [5.74, 6) is 0.797. The average molecular weight is 643 g/mol. The molecular formula is C48H38N2. The van der Waals surface area contributed by atoms with Gasteiger partial charge in [-0.25, -0.2) is 0 Å². The summed E-state index contributed by atoms with van der Waals surface area (Å²) in [4.78, 5) is 2.45. The predicted molar refractivity (Wildman–Crippen MR) is 210 cm³/mol. The Morgan fingerprint density at radius 2 is 1.48 bits per heavy atom. The van der Waals surface area contributed by atoms with Gasteiger partial charge in [-0.1, -0.05) is 128 Å². The Labute approximate surface area is 293 Å². The fourth-order valence-electron chi connectivity index (χ4n) is 8.83. The molecule has 50 heavy (non-hydrogen) atoms. The fraction of sp³-hybridized carbons (Fsp3) is 0.125. The number of anilines is 3. The minimum atomic E-state index is -0.0408. The number of nitrogens with zero attached hydrogens (tertiary/aromatic N) is 1. The van der Waals surface area contributed by atoms with Crippen molar-refractivity contribution in [1.29, 1.82) is 0 Å². The lowest BCUT2D eigenvalue weighted by Gasteiger charge is -2.33. The van der Waals surface area contributed by atoms with E-state index in [-0.39, 0.29) is 12.1 Å². The van der Waals surface area contributed by atoms with Crippen LogP contribution in [0.3, 0.4) is 0 Å². The molecule has 0 amide bonds. The molecule has 1 N–H and O–H groups in total. The van der Waals surface area contributed by atoms with Crippen LogP contribution in [0, 0.1) is 5.92 Å². The van der Waals surface area contributed by atoms with E-state index in [9.17, 15) is 0 Å². The molecule has 6 aromatic rings. The summed E-state index contributed by atoms with van der Waals surface area (Å²) in [6.07, 6.45) is 13.7. The topological polar surface area (TPSA) is 15.3 Å². The zero-order chi connectivity index (χ0) is 33.2. The molecule has 10 rings (SSSR count). The largest absolute Gasteiger partial charge is 0.359 e. The molecule has 4 aliphatic rings. The Balaban J connectivity index is 1.26. The zero-order valence-corrected chi connectivity index (χ0v) is 28.2. The third-order valence-corrected chi connectivity index (χ3v) is 11.2. The molecule has 1 aliphatic heterocycles. The summed E-state index contributed by atoms with van der Waals surface area (Å²) >= 11 is 0. The molecule has 0 radical (unpaired) electrons. The summed E-state index contributed by atoms with van der Waals surface area (Å²) in [5.41, 5.74) is 14.4. The number of rotatable bonds is 4. The second kappa shape index (κ2) is 11.6. The minimum Gasteiger partial charge on any atom is -0.359 e. The predicted octanol–water partition coefficient (Wildman–Crippen LogP) is 10.5. The first-order chi connectivity index (χ1) is 24.7. The zero-order valence-electron chi connectivity index (χ0n) is 28.2. The summed E-state index contributed by atoms with van der Waals surface area (Å²) in [7, 11) is 0. The molecule has 240 valence electrons. The van der Waals surface area contributed by atoms with Crippen molar-refractivity contribution in [3.8, 4) is 0 Å². The highest BCUT2D eigenvalue weighted by molar-refractivity contribution is 5.93. The molecule has 0 saturated heterocycles. The van der Waals surface area contributed by atoms with Gasteiger partial charge in [0, 0.05) is 11.6 Å². The highest BCUT2D eigenvalue weighted by Gasteiger charge is 2.33. The minimum absolute atomic E-state index is 0.0408. The van der Waals surface area contributed by atoms with Crippen LogP contribution < -0.4 is 20.7 Å². The van der Waals surface area contributed by atoms with Crippen molar-refractivity contribution in [2.75, 3.05) is 10.2 Å². The van der Waals surface area contributed by atoms with Crippen molar-refractivity contribution in [3.05, 3.63) is 202 Å². The van der Waals surface area contributed by atoms with E-state index in [2.05, 4.69) is 181 Å². The van der Waals surface area contributed by atoms with E-state index in [1.54, 1.807) is 0 Å². The Hall–Kier alpha value is -5.86. The van der Waals surface area contributed by atoms with Crippen molar-refractivity contribution >= 4 is 45.1 Å². The second-order valence-corrected chi connectivity index (χ2v) is 14.1. The van der Waals surface area contributed by atoms with Crippen molar-refractivity contribution in [2.45, 2.75) is 31.8 Å². The van der Waals surface area contributed by atoms with Gasteiger partial charge in [0.05, 0.1) is 11.4 Å². The average Bonchev–Trinajstić information content (AvgIpc) is 3.57. The van der Waals surface area contributed by atoms with Crippen LogP contribution in [0.4, 0.5) is 17.1 Å². The maximum Gasteiger partial charge on any atom is 0.130 e. The first kappa shape index (κ1) is 29.1. The number of allylic oxidation sites excluding steroid dienone is 5. The lowest BCUT2D eigenvalue weighted by atomic mass is 9.71. The lowest BCUT2D eigenvalue weighted by molar-refractivity contribution is 0.769. The Morgan fingerprint density at radius 1 is 0.660 bits per heavy atom. The maximum absolute atomic E-state index is 3.90. The van der Waals surface area contributed by atoms with Gasteiger partial charge in [-0.05, 0) is 127 Å². The monoisotopic (exact) mass is 642 g/mol. The van der Waals surface area contributed by atoms with E-state index in [1.165, 1.54) is 77.1 Å². The molecule has 0 aromatic heterocycles. The van der Waals surface area contributed by atoms with Crippen LogP contribution in [-0.4, -0.2) is 0 Å². The smallest absolute Gasteiger partial charge is 0.130 e. The number of fused-ring (bicyclic) bond motifs is 5. The van der Waals surface area contributed by atoms with Crippen LogP contribution in [0.1, 0.15) is 59.7 Å². The molecule has 0 fully saturated rings. The summed E-state index contributed by atoms with van der Waals surface area (Å²) in [5, 5.41) is 9.09. The van der Waals surface area contributed by atoms with Gasteiger partial charge in [-0.2, -0.15) is 0 Å². The number of benzene rings is 6. The molecule has 6 aromatic carbocycles. The molecule has 2 heteroatoms. The van der Waals surface area contributed by atoms with Gasteiger partial charge in [-0.15, -0.1) is 0 Å². The van der Waals surface area contributed by atoms with E-state index in [4.69, 9.17) is 0 Å². The number of nitrogens with one attached hydrogen (secondary N) is 1. The third kappa shape index (κ3) is 4.63. The highest BCUT2D eigenvalue weighted by atomic mass is 15.3. The first-order valence-electron chi connectivity index (χ1n) is 18.0. The Kier molecular flexibility index (Phi) is 6.77. The fourth-order valence-corrected chi connectivity index (χ4v) is 8.83. The van der Waals surface area contributed by atoms with Crippen molar-refractivity contribution < 1.29 is 0 Å². The van der Waals surface area contributed by atoms with Crippen molar-refractivity contribution in [3.63, 3.8) is 0 Å².